The largest absolute Gasteiger partial charge is 0.416 e. The van der Waals surface area contributed by atoms with Crippen LogP contribution in [0.5, 0.6) is 0 Å². The van der Waals surface area contributed by atoms with E-state index < -0.39 is 35.9 Å². The Kier molecular flexibility index (Phi) is 8.48. The lowest BCUT2D eigenvalue weighted by Crippen LogP contribution is -2.45. The van der Waals surface area contributed by atoms with Crippen LogP contribution < -0.4 is 5.32 Å². The molecule has 212 valence electrons. The molecule has 2 heterocycles. The Labute approximate surface area is 226 Å². The molecule has 12 heteroatoms. The van der Waals surface area contributed by atoms with Gasteiger partial charge in [0.25, 0.3) is 5.91 Å². The van der Waals surface area contributed by atoms with E-state index >= 15 is 0 Å². The van der Waals surface area contributed by atoms with Crippen molar-refractivity contribution in [2.75, 3.05) is 26.2 Å². The molecule has 1 aliphatic rings. The number of halogens is 6. The summed E-state index contributed by atoms with van der Waals surface area (Å²) in [4.78, 5) is 32.4. The lowest BCUT2D eigenvalue weighted by Gasteiger charge is -2.32. The van der Waals surface area contributed by atoms with Crippen molar-refractivity contribution in [3.63, 3.8) is 0 Å². The molecule has 1 N–H and O–H groups in total. The van der Waals surface area contributed by atoms with Crippen LogP contribution in [0.2, 0.25) is 0 Å². The lowest BCUT2D eigenvalue weighted by atomic mass is 9.96. The highest BCUT2D eigenvalue weighted by molar-refractivity contribution is 6.01. The summed E-state index contributed by atoms with van der Waals surface area (Å²) in [5.41, 5.74) is -0.311. The van der Waals surface area contributed by atoms with E-state index in [4.69, 9.17) is 0 Å². The van der Waals surface area contributed by atoms with Gasteiger partial charge < -0.3 is 10.2 Å². The van der Waals surface area contributed by atoms with Gasteiger partial charge in [0.1, 0.15) is 0 Å². The number of alkyl halides is 6. The summed E-state index contributed by atoms with van der Waals surface area (Å²) >= 11 is 0. The summed E-state index contributed by atoms with van der Waals surface area (Å²) in [6.45, 7) is 4.25. The molecule has 0 bridgehead atoms. The van der Waals surface area contributed by atoms with Gasteiger partial charge in [-0.05, 0) is 53.4 Å². The number of rotatable bonds is 7. The summed E-state index contributed by atoms with van der Waals surface area (Å²) in [7, 11) is 0. The topological polar surface area (TPSA) is 65.5 Å². The number of nitrogens with one attached hydrogen (secondary N) is 1. The Hall–Kier alpha value is -3.93. The smallest absolute Gasteiger partial charge is 0.348 e. The van der Waals surface area contributed by atoms with Crippen LogP contribution in [-0.2, 0) is 30.2 Å². The molecule has 0 aliphatic carbocycles. The third kappa shape index (κ3) is 6.98. The van der Waals surface area contributed by atoms with Crippen molar-refractivity contribution in [3.8, 4) is 11.1 Å². The third-order valence-corrected chi connectivity index (χ3v) is 6.68. The molecule has 1 aliphatic heterocycles. The van der Waals surface area contributed by atoms with Crippen molar-refractivity contribution in [2.45, 2.75) is 32.4 Å². The van der Waals surface area contributed by atoms with Crippen molar-refractivity contribution < 1.29 is 35.9 Å². The summed E-state index contributed by atoms with van der Waals surface area (Å²) in [6.07, 6.45) is -7.81. The molecule has 0 spiro atoms. The van der Waals surface area contributed by atoms with Crippen LogP contribution in [0, 0.1) is 6.92 Å². The average molecular weight is 565 g/mol. The monoisotopic (exact) mass is 564 g/mol. The number of amides is 2. The fraction of sp³-hybridized carbons (Fsp3) is 0.321. The summed E-state index contributed by atoms with van der Waals surface area (Å²) in [5, 5.41) is 2.45. The molecule has 2 amide bonds. The fourth-order valence-electron chi connectivity index (χ4n) is 4.52. The zero-order chi connectivity index (χ0) is 29.1. The first kappa shape index (κ1) is 29.1. The minimum absolute atomic E-state index is 0.0447. The van der Waals surface area contributed by atoms with Gasteiger partial charge in [-0.3, -0.25) is 19.5 Å². The standard InChI is InChI=1S/C28H26F6N4O2/c1-18-4-2-3-5-23(18)24-13-22(16-37-6-8-38(17-39)9-7-37)35-15-25(24)26(40)36-14-19-10-20(27(29,30)31)12-21(11-19)28(32,33)34/h2-5,10-13,15,17H,6-9,14,16H2,1H3,(H,36,40). The summed E-state index contributed by atoms with van der Waals surface area (Å²) in [6, 6.07) is 10.3. The van der Waals surface area contributed by atoms with E-state index in [9.17, 15) is 35.9 Å². The maximum absolute atomic E-state index is 13.2. The van der Waals surface area contributed by atoms with Crippen LogP contribution in [0.15, 0.2) is 54.7 Å². The molecular formula is C28H26F6N4O2. The minimum atomic E-state index is -4.99. The molecule has 6 nitrogen and oxygen atoms in total. The number of hydrogen-bond donors (Lipinski definition) is 1. The Morgan fingerprint density at radius 1 is 0.925 bits per heavy atom. The Morgan fingerprint density at radius 3 is 2.12 bits per heavy atom. The van der Waals surface area contributed by atoms with E-state index in [0.717, 1.165) is 17.5 Å². The molecule has 3 aromatic rings. The Morgan fingerprint density at radius 2 is 1.55 bits per heavy atom. The maximum atomic E-state index is 13.2. The molecule has 40 heavy (non-hydrogen) atoms. The third-order valence-electron chi connectivity index (χ3n) is 6.68. The van der Waals surface area contributed by atoms with Gasteiger partial charge in [0.15, 0.2) is 0 Å². The molecule has 4 rings (SSSR count). The number of carbonyl (C=O) groups is 2. The number of pyridine rings is 1. The maximum Gasteiger partial charge on any atom is 0.416 e. The van der Waals surface area contributed by atoms with Crippen LogP contribution in [-0.4, -0.2) is 53.3 Å². The van der Waals surface area contributed by atoms with Crippen LogP contribution in [0.3, 0.4) is 0 Å². The summed E-state index contributed by atoms with van der Waals surface area (Å²) in [5.74, 6) is -0.692. The van der Waals surface area contributed by atoms with Crippen molar-refractivity contribution in [3.05, 3.63) is 88.2 Å². The predicted octanol–water partition coefficient (Wildman–Crippen LogP) is 5.30. The van der Waals surface area contributed by atoms with Crippen molar-refractivity contribution in [2.24, 2.45) is 0 Å². The zero-order valence-electron chi connectivity index (χ0n) is 21.4. The van der Waals surface area contributed by atoms with Gasteiger partial charge in [0, 0.05) is 45.5 Å². The molecule has 0 saturated carbocycles. The van der Waals surface area contributed by atoms with Crippen LogP contribution in [0.4, 0.5) is 26.3 Å². The first-order valence-electron chi connectivity index (χ1n) is 12.4. The first-order chi connectivity index (χ1) is 18.8. The molecule has 0 radical (unpaired) electrons. The fourth-order valence-corrected chi connectivity index (χ4v) is 4.52. The highest BCUT2D eigenvalue weighted by Crippen LogP contribution is 2.36. The number of aromatic nitrogens is 1. The number of aryl methyl sites for hydroxylation is 1. The van der Waals surface area contributed by atoms with E-state index in [2.05, 4.69) is 15.2 Å². The molecule has 2 aromatic carbocycles. The van der Waals surface area contributed by atoms with Crippen molar-refractivity contribution in [1.29, 1.82) is 0 Å². The highest BCUT2D eigenvalue weighted by Gasteiger charge is 2.37. The molecular weight excluding hydrogens is 538 g/mol. The van der Waals surface area contributed by atoms with E-state index in [1.165, 1.54) is 6.20 Å². The van der Waals surface area contributed by atoms with E-state index in [1.54, 1.807) is 17.0 Å². The van der Waals surface area contributed by atoms with Crippen molar-refractivity contribution in [1.82, 2.24) is 20.1 Å². The van der Waals surface area contributed by atoms with Gasteiger partial charge >= 0.3 is 12.4 Å². The van der Waals surface area contributed by atoms with Gasteiger partial charge in [-0.15, -0.1) is 0 Å². The molecule has 1 fully saturated rings. The second kappa shape index (κ2) is 11.7. The highest BCUT2D eigenvalue weighted by atomic mass is 19.4. The normalized spacial score (nSPS) is 14.7. The van der Waals surface area contributed by atoms with Crippen LogP contribution in [0.25, 0.3) is 11.1 Å². The number of hydrogen-bond acceptors (Lipinski definition) is 4. The van der Waals surface area contributed by atoms with Crippen LogP contribution in [0.1, 0.15) is 38.3 Å². The van der Waals surface area contributed by atoms with E-state index in [0.29, 0.717) is 56.1 Å². The van der Waals surface area contributed by atoms with Gasteiger partial charge in [-0.2, -0.15) is 26.3 Å². The van der Waals surface area contributed by atoms with E-state index in [1.807, 2.05) is 25.1 Å². The molecule has 1 saturated heterocycles. The first-order valence-corrected chi connectivity index (χ1v) is 12.4. The number of benzene rings is 2. The van der Waals surface area contributed by atoms with E-state index in [-0.39, 0.29) is 17.2 Å². The molecule has 0 atom stereocenters. The quantitative estimate of drug-likeness (QED) is 0.313. The lowest BCUT2D eigenvalue weighted by molar-refractivity contribution is -0.143. The predicted molar refractivity (Wildman–Crippen MR) is 135 cm³/mol. The molecule has 1 aromatic heterocycles. The van der Waals surface area contributed by atoms with Gasteiger partial charge in [0.2, 0.25) is 6.41 Å². The SMILES string of the molecule is Cc1ccccc1-c1cc(CN2CCN(C=O)CC2)ncc1C(=O)NCc1cc(C(F)(F)F)cc(C(F)(F)F)c1. The number of nitrogens with zero attached hydrogens (tertiary/aromatic N) is 3. The van der Waals surface area contributed by atoms with Gasteiger partial charge in [-0.25, -0.2) is 0 Å². The minimum Gasteiger partial charge on any atom is -0.348 e. The number of carbonyl (C=O) groups excluding carboxylic acids is 2. The Bertz CT molecular complexity index is 1350. The number of piperazine rings is 1. The summed E-state index contributed by atoms with van der Waals surface area (Å²) < 4.78 is 79.4. The second-order valence-electron chi connectivity index (χ2n) is 9.55. The second-order valence-corrected chi connectivity index (χ2v) is 9.55. The van der Waals surface area contributed by atoms with Crippen LogP contribution >= 0.6 is 0 Å². The Balaban J connectivity index is 1.60. The zero-order valence-corrected chi connectivity index (χ0v) is 21.4. The average Bonchev–Trinajstić information content (AvgIpc) is 2.91. The van der Waals surface area contributed by atoms with Crippen molar-refractivity contribution >= 4 is 12.3 Å². The molecule has 0 unspecified atom stereocenters. The van der Waals surface area contributed by atoms with Gasteiger partial charge in [-0.1, -0.05) is 24.3 Å². The van der Waals surface area contributed by atoms with Gasteiger partial charge in [0.05, 0.1) is 22.4 Å².